The highest BCUT2D eigenvalue weighted by Crippen LogP contribution is 2.29. The number of methoxy groups -OCH3 is 1. The molecule has 0 spiro atoms. The fourth-order valence-corrected chi connectivity index (χ4v) is 1.82. The lowest BCUT2D eigenvalue weighted by atomic mass is 10.1. The van der Waals surface area contributed by atoms with Gasteiger partial charge in [-0.25, -0.2) is 0 Å². The van der Waals surface area contributed by atoms with Gasteiger partial charge >= 0.3 is 18.0 Å². The van der Waals surface area contributed by atoms with Crippen molar-refractivity contribution in [2.75, 3.05) is 7.11 Å². The van der Waals surface area contributed by atoms with Gasteiger partial charge in [-0.05, 0) is 18.4 Å². The van der Waals surface area contributed by atoms with Crippen molar-refractivity contribution in [3.05, 3.63) is 35.7 Å². The van der Waals surface area contributed by atoms with E-state index in [-0.39, 0.29) is 11.8 Å². The van der Waals surface area contributed by atoms with Gasteiger partial charge in [-0.15, -0.1) is 0 Å². The monoisotopic (exact) mass is 314 g/mol. The third-order valence-corrected chi connectivity index (χ3v) is 2.95. The summed E-state index contributed by atoms with van der Waals surface area (Å²) >= 11 is 0. The molecule has 0 unspecified atom stereocenters. The van der Waals surface area contributed by atoms with Gasteiger partial charge in [0.2, 0.25) is 5.82 Å². The number of ether oxygens (including phenoxy) is 1. The third-order valence-electron chi connectivity index (χ3n) is 2.95. The van der Waals surface area contributed by atoms with E-state index in [0.29, 0.717) is 24.8 Å². The zero-order chi connectivity index (χ0) is 16.2. The second kappa shape index (κ2) is 6.59. The average Bonchev–Trinajstić information content (AvgIpc) is 2.97. The maximum Gasteiger partial charge on any atom is 0.471 e. The zero-order valence-electron chi connectivity index (χ0n) is 11.7. The van der Waals surface area contributed by atoms with Gasteiger partial charge in [0.1, 0.15) is 0 Å². The molecule has 0 atom stereocenters. The first-order valence-corrected chi connectivity index (χ1v) is 6.47. The topological polar surface area (TPSA) is 65.2 Å². The number of esters is 1. The minimum absolute atomic E-state index is 0.117. The molecule has 0 saturated carbocycles. The molecule has 0 aliphatic carbocycles. The van der Waals surface area contributed by atoms with E-state index in [0.717, 1.165) is 5.56 Å². The van der Waals surface area contributed by atoms with Crippen molar-refractivity contribution >= 4 is 5.97 Å². The van der Waals surface area contributed by atoms with Crippen molar-refractivity contribution in [2.45, 2.75) is 25.4 Å². The molecule has 1 heterocycles. The highest BCUT2D eigenvalue weighted by atomic mass is 19.4. The molecular weight excluding hydrogens is 301 g/mol. The molecule has 0 aliphatic rings. The minimum Gasteiger partial charge on any atom is -0.469 e. The van der Waals surface area contributed by atoms with Crippen LogP contribution in [-0.4, -0.2) is 23.2 Å². The van der Waals surface area contributed by atoms with Crippen LogP contribution in [-0.2, 0) is 22.1 Å². The van der Waals surface area contributed by atoms with Crippen molar-refractivity contribution in [3.8, 4) is 11.4 Å². The van der Waals surface area contributed by atoms with Crippen LogP contribution in [0.15, 0.2) is 28.8 Å². The van der Waals surface area contributed by atoms with Crippen molar-refractivity contribution in [1.29, 1.82) is 0 Å². The lowest BCUT2D eigenvalue weighted by molar-refractivity contribution is -0.159. The van der Waals surface area contributed by atoms with E-state index in [1.165, 1.54) is 7.11 Å². The van der Waals surface area contributed by atoms with Gasteiger partial charge in [-0.2, -0.15) is 18.2 Å². The summed E-state index contributed by atoms with van der Waals surface area (Å²) in [4.78, 5) is 14.3. The molecule has 0 aliphatic heterocycles. The summed E-state index contributed by atoms with van der Waals surface area (Å²) in [6.07, 6.45) is -3.04. The van der Waals surface area contributed by atoms with Crippen LogP contribution in [0.2, 0.25) is 0 Å². The summed E-state index contributed by atoms with van der Waals surface area (Å²) in [5, 5.41) is 3.31. The summed E-state index contributed by atoms with van der Waals surface area (Å²) in [5.74, 6) is -1.76. The second-order valence-electron chi connectivity index (χ2n) is 4.55. The van der Waals surface area contributed by atoms with E-state index in [1.54, 1.807) is 24.3 Å². The lowest BCUT2D eigenvalue weighted by Crippen LogP contribution is -2.04. The van der Waals surface area contributed by atoms with Crippen LogP contribution >= 0.6 is 0 Å². The number of nitrogens with zero attached hydrogens (tertiary/aromatic N) is 2. The Hall–Kier alpha value is -2.38. The summed E-state index contributed by atoms with van der Waals surface area (Å²) in [6.45, 7) is 0. The first-order valence-electron chi connectivity index (χ1n) is 6.47. The highest BCUT2D eigenvalue weighted by molar-refractivity contribution is 5.69. The molecule has 0 N–H and O–H groups in total. The van der Waals surface area contributed by atoms with Gasteiger partial charge in [0.15, 0.2) is 0 Å². The Morgan fingerprint density at radius 1 is 1.27 bits per heavy atom. The van der Waals surface area contributed by atoms with E-state index in [4.69, 9.17) is 0 Å². The fourth-order valence-electron chi connectivity index (χ4n) is 1.82. The Morgan fingerprint density at radius 3 is 2.50 bits per heavy atom. The SMILES string of the molecule is COC(=O)CCCc1ccc(-c2noc(C(F)(F)F)n2)cc1. The molecule has 1 aromatic carbocycles. The standard InChI is InChI=1S/C14H13F3N2O3/c1-21-11(20)4-2-3-9-5-7-10(8-6-9)12-18-13(22-19-12)14(15,16)17/h5-8H,2-4H2,1H3. The molecule has 0 bridgehead atoms. The largest absolute Gasteiger partial charge is 0.471 e. The predicted molar refractivity (Wildman–Crippen MR) is 69.7 cm³/mol. The summed E-state index contributed by atoms with van der Waals surface area (Å²) in [6, 6.07) is 6.71. The fraction of sp³-hybridized carbons (Fsp3) is 0.357. The Bertz CT molecular complexity index is 636. The van der Waals surface area contributed by atoms with Crippen molar-refractivity contribution in [1.82, 2.24) is 10.1 Å². The lowest BCUT2D eigenvalue weighted by Gasteiger charge is -2.02. The van der Waals surface area contributed by atoms with E-state index < -0.39 is 12.1 Å². The van der Waals surface area contributed by atoms with Gasteiger partial charge in [-0.1, -0.05) is 29.4 Å². The number of halogens is 3. The molecule has 22 heavy (non-hydrogen) atoms. The normalized spacial score (nSPS) is 11.5. The molecule has 118 valence electrons. The number of carbonyl (C=O) groups is 1. The van der Waals surface area contributed by atoms with Gasteiger partial charge in [0, 0.05) is 12.0 Å². The molecule has 0 fully saturated rings. The molecule has 2 aromatic rings. The van der Waals surface area contributed by atoms with Crippen LogP contribution in [0.25, 0.3) is 11.4 Å². The zero-order valence-corrected chi connectivity index (χ0v) is 11.7. The molecule has 8 heteroatoms. The van der Waals surface area contributed by atoms with E-state index >= 15 is 0 Å². The second-order valence-corrected chi connectivity index (χ2v) is 4.55. The quantitative estimate of drug-likeness (QED) is 0.793. The maximum absolute atomic E-state index is 12.4. The number of hydrogen-bond donors (Lipinski definition) is 0. The van der Waals surface area contributed by atoms with Crippen LogP contribution in [0.3, 0.4) is 0 Å². The Morgan fingerprint density at radius 2 is 1.95 bits per heavy atom. The van der Waals surface area contributed by atoms with Crippen LogP contribution in [0, 0.1) is 0 Å². The number of alkyl halides is 3. The molecule has 0 radical (unpaired) electrons. The van der Waals surface area contributed by atoms with Crippen molar-refractivity contribution < 1.29 is 27.2 Å². The van der Waals surface area contributed by atoms with Crippen molar-refractivity contribution in [3.63, 3.8) is 0 Å². The van der Waals surface area contributed by atoms with E-state index in [1.807, 2.05) is 0 Å². The Labute approximate surface area is 124 Å². The first-order chi connectivity index (χ1) is 10.4. The number of rotatable bonds is 5. The number of aryl methyl sites for hydroxylation is 1. The summed E-state index contributed by atoms with van der Waals surface area (Å²) in [7, 11) is 1.33. The van der Waals surface area contributed by atoms with Crippen LogP contribution < -0.4 is 0 Å². The maximum atomic E-state index is 12.4. The van der Waals surface area contributed by atoms with Gasteiger partial charge in [0.25, 0.3) is 0 Å². The Balaban J connectivity index is 2.00. The Kier molecular flexibility index (Phi) is 4.79. The number of hydrogen-bond acceptors (Lipinski definition) is 5. The number of benzene rings is 1. The molecule has 5 nitrogen and oxygen atoms in total. The van der Waals surface area contributed by atoms with Crippen molar-refractivity contribution in [2.24, 2.45) is 0 Å². The highest BCUT2D eigenvalue weighted by Gasteiger charge is 2.38. The molecule has 0 amide bonds. The van der Waals surface area contributed by atoms with Gasteiger partial charge in [-0.3, -0.25) is 4.79 Å². The smallest absolute Gasteiger partial charge is 0.469 e. The van der Waals surface area contributed by atoms with Crippen LogP contribution in [0.1, 0.15) is 24.3 Å². The first kappa shape index (κ1) is 16.0. The molecule has 0 saturated heterocycles. The predicted octanol–water partition coefficient (Wildman–Crippen LogP) is 3.25. The molecule has 1 aromatic heterocycles. The van der Waals surface area contributed by atoms with Gasteiger partial charge < -0.3 is 9.26 Å². The minimum atomic E-state index is -4.65. The number of aromatic nitrogens is 2. The molecule has 2 rings (SSSR count). The summed E-state index contributed by atoms with van der Waals surface area (Å²) in [5.41, 5.74) is 1.38. The van der Waals surface area contributed by atoms with E-state index in [9.17, 15) is 18.0 Å². The van der Waals surface area contributed by atoms with Gasteiger partial charge in [0.05, 0.1) is 7.11 Å². The third kappa shape index (κ3) is 4.06. The van der Waals surface area contributed by atoms with Crippen LogP contribution in [0.4, 0.5) is 13.2 Å². The molecular formula is C14H13F3N2O3. The number of carbonyl (C=O) groups excluding carboxylic acids is 1. The summed E-state index contributed by atoms with van der Waals surface area (Å²) < 4.78 is 45.9. The van der Waals surface area contributed by atoms with E-state index in [2.05, 4.69) is 19.4 Å². The van der Waals surface area contributed by atoms with Crippen LogP contribution in [0.5, 0.6) is 0 Å². The average molecular weight is 314 g/mol.